The minimum atomic E-state index is -1.17. The summed E-state index contributed by atoms with van der Waals surface area (Å²) in [7, 11) is 1.58. The first kappa shape index (κ1) is 15.8. The van der Waals surface area contributed by atoms with E-state index in [-0.39, 0.29) is 17.3 Å². The second kappa shape index (κ2) is 6.01. The van der Waals surface area contributed by atoms with Crippen molar-refractivity contribution in [2.45, 2.75) is 26.8 Å². The van der Waals surface area contributed by atoms with E-state index in [9.17, 15) is 9.59 Å². The van der Waals surface area contributed by atoms with Crippen LogP contribution in [-0.2, 0) is 7.05 Å². The molecule has 116 valence electrons. The van der Waals surface area contributed by atoms with Gasteiger partial charge in [0.05, 0.1) is 6.04 Å². The zero-order valence-electron chi connectivity index (χ0n) is 13.0. The van der Waals surface area contributed by atoms with E-state index in [1.165, 1.54) is 10.9 Å². The van der Waals surface area contributed by atoms with Crippen LogP contribution in [0.2, 0.25) is 0 Å². The van der Waals surface area contributed by atoms with E-state index in [0.29, 0.717) is 0 Å². The van der Waals surface area contributed by atoms with E-state index in [0.717, 1.165) is 16.7 Å². The molecule has 2 aromatic rings. The molecule has 1 aromatic heterocycles. The Morgan fingerprint density at radius 1 is 1.32 bits per heavy atom. The predicted molar refractivity (Wildman–Crippen MR) is 82.0 cm³/mol. The molecule has 1 heterocycles. The summed E-state index contributed by atoms with van der Waals surface area (Å²) in [6.07, 6.45) is 1.32. The molecule has 0 saturated carbocycles. The number of carboxylic acid groups (broad SMARTS) is 1. The lowest BCUT2D eigenvalue weighted by atomic mass is 10.00. The molecule has 0 fully saturated rings. The van der Waals surface area contributed by atoms with Gasteiger partial charge in [-0.3, -0.25) is 9.48 Å². The lowest BCUT2D eigenvalue weighted by molar-refractivity contribution is 0.0690. The second-order valence-electron chi connectivity index (χ2n) is 5.43. The number of carboxylic acids is 1. The van der Waals surface area contributed by atoms with E-state index >= 15 is 0 Å². The summed E-state index contributed by atoms with van der Waals surface area (Å²) in [4.78, 5) is 23.4. The molecule has 1 aromatic carbocycles. The van der Waals surface area contributed by atoms with Crippen LogP contribution in [0.25, 0.3) is 0 Å². The van der Waals surface area contributed by atoms with Crippen LogP contribution in [0.3, 0.4) is 0 Å². The monoisotopic (exact) mass is 301 g/mol. The van der Waals surface area contributed by atoms with Crippen molar-refractivity contribution in [3.05, 3.63) is 52.3 Å². The van der Waals surface area contributed by atoms with Gasteiger partial charge in [-0.1, -0.05) is 23.8 Å². The Bertz CT molecular complexity index is 734. The zero-order chi connectivity index (χ0) is 16.4. The number of carbonyl (C=O) groups is 2. The number of nitrogens with zero attached hydrogens (tertiary/aromatic N) is 2. The maximum absolute atomic E-state index is 12.3. The van der Waals surface area contributed by atoms with Crippen molar-refractivity contribution < 1.29 is 14.7 Å². The lowest BCUT2D eigenvalue weighted by Crippen LogP contribution is -2.28. The van der Waals surface area contributed by atoms with Crippen LogP contribution in [0.15, 0.2) is 24.4 Å². The van der Waals surface area contributed by atoms with Gasteiger partial charge in [0.25, 0.3) is 5.91 Å². The number of rotatable bonds is 4. The average Bonchev–Trinajstić information content (AvgIpc) is 2.81. The van der Waals surface area contributed by atoms with Gasteiger partial charge in [0.1, 0.15) is 5.56 Å². The highest BCUT2D eigenvalue weighted by molar-refractivity contribution is 6.03. The molecule has 1 unspecified atom stereocenters. The number of aromatic nitrogens is 2. The molecule has 0 aliphatic rings. The van der Waals surface area contributed by atoms with E-state index in [4.69, 9.17) is 5.11 Å². The third-order valence-electron chi connectivity index (χ3n) is 3.51. The predicted octanol–water partition coefficient (Wildman–Crippen LogP) is 2.23. The van der Waals surface area contributed by atoms with Gasteiger partial charge in [-0.2, -0.15) is 5.10 Å². The molecule has 6 heteroatoms. The van der Waals surface area contributed by atoms with Crippen LogP contribution in [-0.4, -0.2) is 26.8 Å². The topological polar surface area (TPSA) is 84.2 Å². The normalized spacial score (nSPS) is 12.0. The molecular weight excluding hydrogens is 282 g/mol. The van der Waals surface area contributed by atoms with Crippen molar-refractivity contribution in [2.75, 3.05) is 0 Å². The molecule has 0 saturated heterocycles. The molecule has 2 rings (SSSR count). The standard InChI is InChI=1S/C16H19N3O3/c1-9-5-6-12(10(2)7-9)11(3)17-15(20)14-13(16(21)22)8-19(4)18-14/h5-8,11H,1-4H3,(H,17,20)(H,21,22). The van der Waals surface area contributed by atoms with Crippen molar-refractivity contribution in [1.82, 2.24) is 15.1 Å². The van der Waals surface area contributed by atoms with Crippen molar-refractivity contribution in [1.29, 1.82) is 0 Å². The third kappa shape index (κ3) is 3.16. The smallest absolute Gasteiger partial charge is 0.339 e. The average molecular weight is 301 g/mol. The maximum atomic E-state index is 12.3. The first-order valence-electron chi connectivity index (χ1n) is 6.94. The van der Waals surface area contributed by atoms with E-state index < -0.39 is 11.9 Å². The van der Waals surface area contributed by atoms with Crippen molar-refractivity contribution in [2.24, 2.45) is 7.05 Å². The van der Waals surface area contributed by atoms with Crippen LogP contribution in [0.1, 0.15) is 50.5 Å². The van der Waals surface area contributed by atoms with Crippen LogP contribution in [0.5, 0.6) is 0 Å². The summed E-state index contributed by atoms with van der Waals surface area (Å²) in [5.74, 6) is -1.66. The maximum Gasteiger partial charge on any atom is 0.339 e. The number of carbonyl (C=O) groups excluding carboxylic acids is 1. The molecule has 0 spiro atoms. The minimum absolute atomic E-state index is 0.0772. The van der Waals surface area contributed by atoms with Crippen LogP contribution >= 0.6 is 0 Å². The highest BCUT2D eigenvalue weighted by Crippen LogP contribution is 2.19. The van der Waals surface area contributed by atoms with E-state index in [2.05, 4.69) is 10.4 Å². The fraction of sp³-hybridized carbons (Fsp3) is 0.312. The third-order valence-corrected chi connectivity index (χ3v) is 3.51. The van der Waals surface area contributed by atoms with Gasteiger partial charge in [-0.25, -0.2) is 4.79 Å². The molecule has 1 atom stereocenters. The number of nitrogens with one attached hydrogen (secondary N) is 1. The molecule has 0 radical (unpaired) electrons. The lowest BCUT2D eigenvalue weighted by Gasteiger charge is -2.16. The van der Waals surface area contributed by atoms with Gasteiger partial charge < -0.3 is 10.4 Å². The van der Waals surface area contributed by atoms with Crippen molar-refractivity contribution in [3.63, 3.8) is 0 Å². The molecule has 22 heavy (non-hydrogen) atoms. The Labute approximate surface area is 128 Å². The number of aryl methyl sites for hydroxylation is 3. The summed E-state index contributed by atoms with van der Waals surface area (Å²) in [6.45, 7) is 5.85. The Hall–Kier alpha value is -2.63. The number of aromatic carboxylic acids is 1. The van der Waals surface area contributed by atoms with Crippen molar-refractivity contribution >= 4 is 11.9 Å². The first-order valence-corrected chi connectivity index (χ1v) is 6.94. The number of hydrogen-bond donors (Lipinski definition) is 2. The summed E-state index contributed by atoms with van der Waals surface area (Å²) >= 11 is 0. The Balaban J connectivity index is 2.23. The van der Waals surface area contributed by atoms with E-state index in [1.54, 1.807) is 7.05 Å². The summed E-state index contributed by atoms with van der Waals surface area (Å²) < 4.78 is 1.32. The van der Waals surface area contributed by atoms with Crippen LogP contribution in [0.4, 0.5) is 0 Å². The molecule has 0 aliphatic carbocycles. The second-order valence-corrected chi connectivity index (χ2v) is 5.43. The van der Waals surface area contributed by atoms with Gasteiger partial charge in [-0.05, 0) is 31.9 Å². The molecule has 0 aliphatic heterocycles. The molecule has 6 nitrogen and oxygen atoms in total. The SMILES string of the molecule is Cc1ccc(C(C)NC(=O)c2nn(C)cc2C(=O)O)c(C)c1. The fourth-order valence-corrected chi connectivity index (χ4v) is 2.47. The largest absolute Gasteiger partial charge is 0.478 e. The molecule has 0 bridgehead atoms. The first-order chi connectivity index (χ1) is 10.3. The Morgan fingerprint density at radius 3 is 2.59 bits per heavy atom. The van der Waals surface area contributed by atoms with Crippen LogP contribution in [0, 0.1) is 13.8 Å². The highest BCUT2D eigenvalue weighted by Gasteiger charge is 2.22. The molecule has 1 amide bonds. The van der Waals surface area contributed by atoms with Gasteiger partial charge in [0.2, 0.25) is 0 Å². The quantitative estimate of drug-likeness (QED) is 0.907. The van der Waals surface area contributed by atoms with Gasteiger partial charge in [0.15, 0.2) is 5.69 Å². The summed E-state index contributed by atoms with van der Waals surface area (Å²) in [5, 5.41) is 15.9. The minimum Gasteiger partial charge on any atom is -0.478 e. The van der Waals surface area contributed by atoms with Gasteiger partial charge in [0, 0.05) is 13.2 Å². The number of amides is 1. The summed E-state index contributed by atoms with van der Waals surface area (Å²) in [6, 6.07) is 5.75. The van der Waals surface area contributed by atoms with Crippen molar-refractivity contribution in [3.8, 4) is 0 Å². The van der Waals surface area contributed by atoms with E-state index in [1.807, 2.05) is 39.0 Å². The Kier molecular flexibility index (Phi) is 4.30. The number of hydrogen-bond acceptors (Lipinski definition) is 3. The zero-order valence-corrected chi connectivity index (χ0v) is 13.0. The molecular formula is C16H19N3O3. The highest BCUT2D eigenvalue weighted by atomic mass is 16.4. The summed E-state index contributed by atoms with van der Waals surface area (Å²) in [5.41, 5.74) is 3.04. The fourth-order valence-electron chi connectivity index (χ4n) is 2.47. The Morgan fingerprint density at radius 2 is 2.00 bits per heavy atom. The number of benzene rings is 1. The van der Waals surface area contributed by atoms with Gasteiger partial charge in [-0.15, -0.1) is 0 Å². The van der Waals surface area contributed by atoms with Crippen LogP contribution < -0.4 is 5.32 Å². The molecule has 2 N–H and O–H groups in total. The van der Waals surface area contributed by atoms with Gasteiger partial charge >= 0.3 is 5.97 Å².